The highest BCUT2D eigenvalue weighted by atomic mass is 16.6. The summed E-state index contributed by atoms with van der Waals surface area (Å²) in [5.41, 5.74) is -0.0103. The van der Waals surface area contributed by atoms with E-state index >= 15 is 0 Å². The Balaban J connectivity index is 2.92. The molecule has 0 bridgehead atoms. The predicted molar refractivity (Wildman–Crippen MR) is 55.1 cm³/mol. The molecule has 0 amide bonds. The number of hydrogen-bond donors (Lipinski definition) is 3. The van der Waals surface area contributed by atoms with E-state index in [2.05, 4.69) is 5.32 Å². The van der Waals surface area contributed by atoms with Gasteiger partial charge in [-0.3, -0.25) is 0 Å². The van der Waals surface area contributed by atoms with Crippen molar-refractivity contribution in [2.24, 2.45) is 0 Å². The maximum Gasteiger partial charge on any atom is 0.214 e. The first-order chi connectivity index (χ1) is 6.94. The zero-order valence-corrected chi connectivity index (χ0v) is 9.52. The lowest BCUT2D eigenvalue weighted by Gasteiger charge is -2.38. The highest BCUT2D eigenvalue weighted by Crippen LogP contribution is 2.29. The number of nitrogens with one attached hydrogen (secondary N) is 1. The Kier molecular flexibility index (Phi) is 3.72. The van der Waals surface area contributed by atoms with E-state index in [9.17, 15) is 10.2 Å². The van der Waals surface area contributed by atoms with E-state index in [0.29, 0.717) is 5.57 Å². The second kappa shape index (κ2) is 4.49. The minimum absolute atomic E-state index is 0.542. The Labute approximate surface area is 89.7 Å². The quantitative estimate of drug-likeness (QED) is 0.599. The summed E-state index contributed by atoms with van der Waals surface area (Å²) in [5, 5.41) is 22.3. The molecule has 0 fully saturated rings. The van der Waals surface area contributed by atoms with Crippen LogP contribution in [0.15, 0.2) is 11.8 Å². The molecule has 1 rings (SSSR count). The fourth-order valence-corrected chi connectivity index (χ4v) is 1.56. The lowest BCUT2D eigenvalue weighted by Crippen LogP contribution is -2.54. The summed E-state index contributed by atoms with van der Waals surface area (Å²) in [5.74, 6) is 0. The first-order valence-corrected chi connectivity index (χ1v) is 4.88. The van der Waals surface area contributed by atoms with Crippen LogP contribution in [0.25, 0.3) is 0 Å². The van der Waals surface area contributed by atoms with Crippen molar-refractivity contribution in [3.05, 3.63) is 11.8 Å². The minimum atomic E-state index is -1.04. The Morgan fingerprint density at radius 3 is 2.53 bits per heavy atom. The van der Waals surface area contributed by atoms with Crippen molar-refractivity contribution in [2.75, 3.05) is 14.2 Å². The number of aliphatic hydroxyl groups excluding tert-OH is 2. The van der Waals surface area contributed by atoms with Crippen LogP contribution in [0.1, 0.15) is 13.8 Å². The van der Waals surface area contributed by atoms with Gasteiger partial charge in [0, 0.05) is 12.7 Å². The molecule has 15 heavy (non-hydrogen) atoms. The molecule has 1 aliphatic rings. The first-order valence-electron chi connectivity index (χ1n) is 4.88. The zero-order chi connectivity index (χ0) is 11.6. The fraction of sp³-hybridized carbons (Fsp3) is 0.800. The van der Waals surface area contributed by atoms with Crippen LogP contribution in [0.2, 0.25) is 0 Å². The van der Waals surface area contributed by atoms with Crippen LogP contribution in [0.5, 0.6) is 0 Å². The fourth-order valence-electron chi connectivity index (χ4n) is 1.56. The summed E-state index contributed by atoms with van der Waals surface area (Å²) in [4.78, 5) is 0. The van der Waals surface area contributed by atoms with Crippen LogP contribution < -0.4 is 5.32 Å². The van der Waals surface area contributed by atoms with Gasteiger partial charge in [0.1, 0.15) is 6.10 Å². The van der Waals surface area contributed by atoms with Crippen molar-refractivity contribution in [2.45, 2.75) is 37.9 Å². The van der Waals surface area contributed by atoms with E-state index in [4.69, 9.17) is 9.47 Å². The SMILES string of the molecule is CNC1C(O)OC=C(C(C)(C)OC)C1O. The Bertz CT molecular complexity index is 252. The Morgan fingerprint density at radius 2 is 2.07 bits per heavy atom. The molecule has 88 valence electrons. The molecule has 1 aliphatic heterocycles. The molecule has 1 heterocycles. The molecule has 0 aromatic rings. The van der Waals surface area contributed by atoms with E-state index < -0.39 is 24.0 Å². The third-order valence-corrected chi connectivity index (χ3v) is 2.84. The molecule has 3 unspecified atom stereocenters. The number of ether oxygens (including phenoxy) is 2. The normalized spacial score (nSPS) is 32.1. The van der Waals surface area contributed by atoms with Crippen LogP contribution >= 0.6 is 0 Å². The Morgan fingerprint density at radius 1 is 1.47 bits per heavy atom. The van der Waals surface area contributed by atoms with E-state index in [1.54, 1.807) is 14.2 Å². The van der Waals surface area contributed by atoms with Gasteiger partial charge in [-0.15, -0.1) is 0 Å². The van der Waals surface area contributed by atoms with Crippen molar-refractivity contribution in [1.29, 1.82) is 0 Å². The third kappa shape index (κ3) is 2.31. The summed E-state index contributed by atoms with van der Waals surface area (Å²) in [6.45, 7) is 3.66. The molecule has 0 radical (unpaired) electrons. The average Bonchev–Trinajstić information content (AvgIpc) is 2.18. The molecule has 0 saturated carbocycles. The summed E-state index contributed by atoms with van der Waals surface area (Å²) in [7, 11) is 3.22. The van der Waals surface area contributed by atoms with Crippen LogP contribution in [-0.2, 0) is 9.47 Å². The average molecular weight is 217 g/mol. The third-order valence-electron chi connectivity index (χ3n) is 2.84. The highest BCUT2D eigenvalue weighted by Gasteiger charge is 2.39. The standard InChI is InChI=1S/C10H19NO4/c1-10(2,14-4)6-5-15-9(13)7(11-3)8(6)12/h5,7-9,11-13H,1-4H3. The lowest BCUT2D eigenvalue weighted by atomic mass is 9.88. The molecule has 5 nitrogen and oxygen atoms in total. The second-order valence-electron chi connectivity index (χ2n) is 4.07. The maximum atomic E-state index is 10.0. The zero-order valence-electron chi connectivity index (χ0n) is 9.52. The van der Waals surface area contributed by atoms with Crippen LogP contribution in [-0.4, -0.2) is 48.4 Å². The van der Waals surface area contributed by atoms with Gasteiger partial charge in [0.05, 0.1) is 17.9 Å². The van der Waals surface area contributed by atoms with Gasteiger partial charge in [-0.1, -0.05) is 0 Å². The molecule has 0 aliphatic carbocycles. The summed E-state index contributed by atoms with van der Waals surface area (Å²) < 4.78 is 10.3. The van der Waals surface area contributed by atoms with Gasteiger partial charge >= 0.3 is 0 Å². The smallest absolute Gasteiger partial charge is 0.214 e. The molecular formula is C10H19NO4. The summed E-state index contributed by atoms with van der Waals surface area (Å²) >= 11 is 0. The van der Waals surface area contributed by atoms with Gasteiger partial charge in [0.2, 0.25) is 6.29 Å². The largest absolute Gasteiger partial charge is 0.471 e. The van der Waals surface area contributed by atoms with E-state index in [1.807, 2.05) is 13.8 Å². The topological polar surface area (TPSA) is 71.0 Å². The van der Waals surface area contributed by atoms with Gasteiger partial charge in [0.15, 0.2) is 0 Å². The number of hydrogen-bond acceptors (Lipinski definition) is 5. The van der Waals surface area contributed by atoms with Crippen molar-refractivity contribution in [1.82, 2.24) is 5.32 Å². The molecule has 3 atom stereocenters. The number of likely N-dealkylation sites (N-methyl/N-ethyl adjacent to an activating group) is 1. The lowest BCUT2D eigenvalue weighted by molar-refractivity contribution is -0.121. The maximum absolute atomic E-state index is 10.0. The van der Waals surface area contributed by atoms with Crippen molar-refractivity contribution < 1.29 is 19.7 Å². The Hall–Kier alpha value is -0.620. The molecule has 0 saturated heterocycles. The van der Waals surface area contributed by atoms with Crippen LogP contribution in [0.3, 0.4) is 0 Å². The van der Waals surface area contributed by atoms with E-state index in [0.717, 1.165) is 0 Å². The second-order valence-corrected chi connectivity index (χ2v) is 4.07. The van der Waals surface area contributed by atoms with E-state index in [-0.39, 0.29) is 0 Å². The monoisotopic (exact) mass is 217 g/mol. The van der Waals surface area contributed by atoms with Crippen molar-refractivity contribution in [3.63, 3.8) is 0 Å². The predicted octanol–water partition coefficient (Wildman–Crippen LogP) is -0.407. The number of aliphatic hydroxyl groups is 2. The molecule has 5 heteroatoms. The van der Waals surface area contributed by atoms with Crippen molar-refractivity contribution in [3.8, 4) is 0 Å². The number of rotatable bonds is 3. The van der Waals surface area contributed by atoms with Crippen molar-refractivity contribution >= 4 is 0 Å². The summed E-state index contributed by atoms with van der Waals surface area (Å²) in [6.07, 6.45) is -0.498. The molecule has 0 aromatic carbocycles. The van der Waals surface area contributed by atoms with Gasteiger partial charge in [0.25, 0.3) is 0 Å². The van der Waals surface area contributed by atoms with Crippen LogP contribution in [0, 0.1) is 0 Å². The number of methoxy groups -OCH3 is 1. The van der Waals surface area contributed by atoms with Gasteiger partial charge < -0.3 is 25.0 Å². The highest BCUT2D eigenvalue weighted by molar-refractivity contribution is 5.22. The molecule has 3 N–H and O–H groups in total. The van der Waals surface area contributed by atoms with Gasteiger partial charge in [-0.2, -0.15) is 0 Å². The van der Waals surface area contributed by atoms with Gasteiger partial charge in [-0.05, 0) is 20.9 Å². The first kappa shape index (κ1) is 12.4. The molecule has 0 spiro atoms. The molecular weight excluding hydrogens is 198 g/mol. The molecule has 0 aromatic heterocycles. The minimum Gasteiger partial charge on any atom is -0.471 e. The summed E-state index contributed by atoms with van der Waals surface area (Å²) in [6, 6.07) is -0.542. The van der Waals surface area contributed by atoms with E-state index in [1.165, 1.54) is 6.26 Å². The van der Waals surface area contributed by atoms with Gasteiger partial charge in [-0.25, -0.2) is 0 Å². The van der Waals surface area contributed by atoms with Crippen LogP contribution in [0.4, 0.5) is 0 Å².